The maximum Gasteiger partial charge on any atom is 0.338 e. The van der Waals surface area contributed by atoms with E-state index >= 15 is 0 Å². The molecule has 0 aliphatic rings. The van der Waals surface area contributed by atoms with Crippen molar-refractivity contribution in [3.05, 3.63) is 89.5 Å². The van der Waals surface area contributed by atoms with E-state index in [1.54, 1.807) is 36.9 Å². The average molecular weight is 393 g/mol. The number of carbonyl (C=O) groups excluding carboxylic acids is 1. The fraction of sp³-hybridized carbons (Fsp3) is 0.208. The van der Waals surface area contributed by atoms with E-state index < -0.39 is 0 Å². The predicted octanol–water partition coefficient (Wildman–Crippen LogP) is 6.08. The van der Waals surface area contributed by atoms with Crippen molar-refractivity contribution in [3.63, 3.8) is 0 Å². The van der Waals surface area contributed by atoms with Crippen molar-refractivity contribution in [2.24, 2.45) is 0 Å². The van der Waals surface area contributed by atoms with Crippen LogP contribution in [0.3, 0.4) is 0 Å². The van der Waals surface area contributed by atoms with Gasteiger partial charge in [0.05, 0.1) is 17.4 Å². The van der Waals surface area contributed by atoms with Crippen molar-refractivity contribution < 1.29 is 14.6 Å². The number of esters is 1. The fourth-order valence-electron chi connectivity index (χ4n) is 3.11. The molecule has 1 N–H and O–H groups in total. The Bertz CT molecular complexity index is 917. The maximum absolute atomic E-state index is 11.8. The van der Waals surface area contributed by atoms with Gasteiger partial charge in [-0.15, -0.1) is 11.8 Å². The summed E-state index contributed by atoms with van der Waals surface area (Å²) in [4.78, 5) is 11.8. The van der Waals surface area contributed by atoms with Gasteiger partial charge in [0.15, 0.2) is 0 Å². The molecule has 3 rings (SSSR count). The third-order valence-electron chi connectivity index (χ3n) is 4.50. The standard InChI is InChI=1S/C24H24O3S/c1-3-27-24(26)20-15-11-18(12-16-20)17-9-13-19(14-10-17)23(28-4-2)21-7-5-6-8-22(21)25/h5-16,23,25H,3-4H2,1-2H3. The van der Waals surface area contributed by atoms with Crippen LogP contribution in [0.25, 0.3) is 11.1 Å². The zero-order valence-electron chi connectivity index (χ0n) is 16.1. The summed E-state index contributed by atoms with van der Waals surface area (Å²) in [5, 5.41) is 10.3. The minimum atomic E-state index is -0.300. The smallest absolute Gasteiger partial charge is 0.338 e. The number of hydrogen-bond donors (Lipinski definition) is 1. The van der Waals surface area contributed by atoms with Crippen LogP contribution in [0, 0.1) is 0 Å². The van der Waals surface area contributed by atoms with E-state index in [2.05, 4.69) is 31.2 Å². The van der Waals surface area contributed by atoms with Gasteiger partial charge in [0, 0.05) is 5.56 Å². The SMILES string of the molecule is CCOC(=O)c1ccc(-c2ccc(C(SCC)c3ccccc3O)cc2)cc1. The first-order valence-electron chi connectivity index (χ1n) is 9.41. The van der Waals surface area contributed by atoms with Crippen LogP contribution in [-0.2, 0) is 4.74 Å². The van der Waals surface area contributed by atoms with Gasteiger partial charge in [-0.3, -0.25) is 0 Å². The molecule has 0 aliphatic heterocycles. The maximum atomic E-state index is 11.8. The second-order valence-corrected chi connectivity index (χ2v) is 7.70. The molecule has 1 atom stereocenters. The Hall–Kier alpha value is -2.72. The molecule has 0 bridgehead atoms. The summed E-state index contributed by atoms with van der Waals surface area (Å²) in [6.07, 6.45) is 0. The van der Waals surface area contributed by atoms with Crippen molar-refractivity contribution in [3.8, 4) is 16.9 Å². The number of thioether (sulfide) groups is 1. The molecule has 0 spiro atoms. The highest BCUT2D eigenvalue weighted by atomic mass is 32.2. The van der Waals surface area contributed by atoms with Gasteiger partial charge in [-0.2, -0.15) is 0 Å². The summed E-state index contributed by atoms with van der Waals surface area (Å²) < 4.78 is 5.03. The molecule has 0 aromatic heterocycles. The Morgan fingerprint density at radius 2 is 1.54 bits per heavy atom. The molecule has 0 aliphatic carbocycles. The van der Waals surface area contributed by atoms with Crippen LogP contribution in [0.5, 0.6) is 5.75 Å². The first kappa shape index (κ1) is 20.0. The average Bonchev–Trinajstić information content (AvgIpc) is 2.73. The van der Waals surface area contributed by atoms with Gasteiger partial charge in [-0.05, 0) is 47.6 Å². The van der Waals surface area contributed by atoms with Crippen LogP contribution in [0.1, 0.15) is 40.6 Å². The van der Waals surface area contributed by atoms with Crippen molar-refractivity contribution in [1.29, 1.82) is 0 Å². The van der Waals surface area contributed by atoms with Gasteiger partial charge in [0.2, 0.25) is 0 Å². The fourth-order valence-corrected chi connectivity index (χ4v) is 4.17. The number of phenolic OH excluding ortho intramolecular Hbond substituents is 1. The number of rotatable bonds is 7. The highest BCUT2D eigenvalue weighted by Gasteiger charge is 2.17. The zero-order valence-corrected chi connectivity index (χ0v) is 16.9. The van der Waals surface area contributed by atoms with Gasteiger partial charge in [-0.25, -0.2) is 4.79 Å². The molecule has 0 heterocycles. The van der Waals surface area contributed by atoms with Crippen molar-refractivity contribution in [2.45, 2.75) is 19.1 Å². The van der Waals surface area contributed by atoms with Gasteiger partial charge in [0.25, 0.3) is 0 Å². The lowest BCUT2D eigenvalue weighted by Crippen LogP contribution is -2.04. The zero-order chi connectivity index (χ0) is 19.9. The van der Waals surface area contributed by atoms with E-state index in [-0.39, 0.29) is 11.2 Å². The minimum absolute atomic E-state index is 0.0893. The molecule has 3 nitrogen and oxygen atoms in total. The summed E-state index contributed by atoms with van der Waals surface area (Å²) in [5.74, 6) is 0.981. The lowest BCUT2D eigenvalue weighted by atomic mass is 9.99. The number of phenols is 1. The van der Waals surface area contributed by atoms with E-state index in [0.717, 1.165) is 28.0 Å². The number of carbonyl (C=O) groups is 1. The summed E-state index contributed by atoms with van der Waals surface area (Å²) in [7, 11) is 0. The Labute approximate surface area is 170 Å². The Morgan fingerprint density at radius 3 is 2.11 bits per heavy atom. The molecule has 144 valence electrons. The number of benzene rings is 3. The lowest BCUT2D eigenvalue weighted by Gasteiger charge is -2.18. The third-order valence-corrected chi connectivity index (χ3v) is 5.69. The van der Waals surface area contributed by atoms with Crippen molar-refractivity contribution in [1.82, 2.24) is 0 Å². The number of aromatic hydroxyl groups is 1. The van der Waals surface area contributed by atoms with Gasteiger partial charge >= 0.3 is 5.97 Å². The normalized spacial score (nSPS) is 11.8. The topological polar surface area (TPSA) is 46.5 Å². The second kappa shape index (κ2) is 9.47. The van der Waals surface area contributed by atoms with Gasteiger partial charge in [-0.1, -0.05) is 61.5 Å². The summed E-state index contributed by atoms with van der Waals surface area (Å²) >= 11 is 1.80. The molecule has 1 unspecified atom stereocenters. The van der Waals surface area contributed by atoms with Crippen molar-refractivity contribution >= 4 is 17.7 Å². The predicted molar refractivity (Wildman–Crippen MR) is 116 cm³/mol. The molecule has 3 aromatic rings. The third kappa shape index (κ3) is 4.57. The molecule has 0 fully saturated rings. The second-order valence-electron chi connectivity index (χ2n) is 6.31. The minimum Gasteiger partial charge on any atom is -0.508 e. The number of ether oxygens (including phenoxy) is 1. The Morgan fingerprint density at radius 1 is 0.929 bits per heavy atom. The molecular formula is C24H24O3S. The highest BCUT2D eigenvalue weighted by molar-refractivity contribution is 7.99. The van der Waals surface area contributed by atoms with E-state index in [9.17, 15) is 9.90 Å². The van der Waals surface area contributed by atoms with E-state index in [1.807, 2.05) is 30.3 Å². The quantitative estimate of drug-likeness (QED) is 0.495. The van der Waals surface area contributed by atoms with Crippen LogP contribution in [0.15, 0.2) is 72.8 Å². The lowest BCUT2D eigenvalue weighted by molar-refractivity contribution is 0.0526. The number of para-hydroxylation sites is 1. The van der Waals surface area contributed by atoms with Gasteiger partial charge in [0.1, 0.15) is 5.75 Å². The summed E-state index contributed by atoms with van der Waals surface area (Å²) in [6.45, 7) is 4.29. The van der Waals surface area contributed by atoms with Crippen LogP contribution >= 0.6 is 11.8 Å². The van der Waals surface area contributed by atoms with E-state index in [4.69, 9.17) is 4.74 Å². The monoisotopic (exact) mass is 392 g/mol. The molecule has 0 saturated carbocycles. The number of hydrogen-bond acceptors (Lipinski definition) is 4. The van der Waals surface area contributed by atoms with Crippen LogP contribution in [0.2, 0.25) is 0 Å². The van der Waals surface area contributed by atoms with Crippen LogP contribution < -0.4 is 0 Å². The Balaban J connectivity index is 1.84. The van der Waals surface area contributed by atoms with E-state index in [0.29, 0.717) is 17.9 Å². The highest BCUT2D eigenvalue weighted by Crippen LogP contribution is 2.40. The molecule has 28 heavy (non-hydrogen) atoms. The largest absolute Gasteiger partial charge is 0.508 e. The molecular weight excluding hydrogens is 368 g/mol. The van der Waals surface area contributed by atoms with Crippen LogP contribution in [-0.4, -0.2) is 23.4 Å². The van der Waals surface area contributed by atoms with Crippen molar-refractivity contribution in [2.75, 3.05) is 12.4 Å². The van der Waals surface area contributed by atoms with E-state index in [1.165, 1.54) is 0 Å². The van der Waals surface area contributed by atoms with Crippen LogP contribution in [0.4, 0.5) is 0 Å². The molecule has 0 amide bonds. The summed E-state index contributed by atoms with van der Waals surface area (Å²) in [6, 6.07) is 23.3. The summed E-state index contributed by atoms with van der Waals surface area (Å²) in [5.41, 5.74) is 4.76. The van der Waals surface area contributed by atoms with Gasteiger partial charge < -0.3 is 9.84 Å². The molecule has 3 aromatic carbocycles. The molecule has 0 radical (unpaired) electrons. The Kier molecular flexibility index (Phi) is 6.77. The first-order chi connectivity index (χ1) is 13.6. The first-order valence-corrected chi connectivity index (χ1v) is 10.5. The molecule has 0 saturated heterocycles. The molecule has 4 heteroatoms.